The van der Waals surface area contributed by atoms with Crippen molar-refractivity contribution in [1.82, 2.24) is 0 Å². The van der Waals surface area contributed by atoms with Gasteiger partial charge in [-0.15, -0.1) is 0 Å². The molecule has 0 amide bonds. The van der Waals surface area contributed by atoms with Crippen LogP contribution in [0.15, 0.2) is 66.7 Å². The first-order chi connectivity index (χ1) is 18.5. The van der Waals surface area contributed by atoms with Gasteiger partial charge in [0.05, 0.1) is 22.3 Å². The molecule has 3 aromatic carbocycles. The molecular formula is C29H26O10. The molecule has 1 aliphatic carbocycles. The van der Waals surface area contributed by atoms with Gasteiger partial charge in [0.15, 0.2) is 0 Å². The quantitative estimate of drug-likeness (QED) is 0.267. The molecule has 1 aliphatic rings. The maximum Gasteiger partial charge on any atom is 0.336 e. The number of hydrogen-bond acceptors (Lipinski definition) is 6. The van der Waals surface area contributed by atoms with Crippen molar-refractivity contribution in [2.75, 3.05) is 0 Å². The van der Waals surface area contributed by atoms with E-state index in [-0.39, 0.29) is 23.3 Å². The van der Waals surface area contributed by atoms with Crippen LogP contribution in [0.3, 0.4) is 0 Å². The largest absolute Gasteiger partial charge is 0.478 e. The summed E-state index contributed by atoms with van der Waals surface area (Å²) in [5, 5.41) is 37.8. The highest BCUT2D eigenvalue weighted by molar-refractivity contribution is 6.02. The second kappa shape index (κ2) is 10.9. The summed E-state index contributed by atoms with van der Waals surface area (Å²) in [4.78, 5) is 46.5. The van der Waals surface area contributed by atoms with Crippen molar-refractivity contribution in [2.24, 2.45) is 5.92 Å². The van der Waals surface area contributed by atoms with Gasteiger partial charge in [0.1, 0.15) is 11.5 Å². The standard InChI is InChI=1S/C29H26O10/c1-16-13-18(17-5-3-2-4-6-17)11-12-29(16,38-19-7-9-21(25(30)31)23(14-19)27(34)35)39-20-8-10-22(26(32)33)24(15-20)28(36)37/h2-10,14-16,18H,11-13H2,1H3,(H,30,31)(H,32,33)(H,34,35)(H,36,37). The van der Waals surface area contributed by atoms with Crippen LogP contribution in [0.1, 0.15) is 79.1 Å². The van der Waals surface area contributed by atoms with Crippen LogP contribution in [-0.4, -0.2) is 50.1 Å². The highest BCUT2D eigenvalue weighted by Gasteiger charge is 2.46. The number of carboxylic acids is 4. The van der Waals surface area contributed by atoms with Gasteiger partial charge in [-0.05, 0) is 60.7 Å². The summed E-state index contributed by atoms with van der Waals surface area (Å²) in [6.45, 7) is 1.89. The molecule has 0 bridgehead atoms. The summed E-state index contributed by atoms with van der Waals surface area (Å²) >= 11 is 0. The molecule has 4 N–H and O–H groups in total. The topological polar surface area (TPSA) is 168 Å². The Balaban J connectivity index is 1.74. The molecule has 0 spiro atoms. The fraction of sp³-hybridized carbons (Fsp3) is 0.241. The Hall–Kier alpha value is -4.86. The molecule has 0 aromatic heterocycles. The lowest BCUT2D eigenvalue weighted by Crippen LogP contribution is -2.51. The van der Waals surface area contributed by atoms with E-state index >= 15 is 0 Å². The normalized spacial score (nSPS) is 18.1. The Kier molecular flexibility index (Phi) is 7.57. The summed E-state index contributed by atoms with van der Waals surface area (Å²) in [5.41, 5.74) is -0.586. The van der Waals surface area contributed by atoms with Crippen molar-refractivity contribution in [3.8, 4) is 11.5 Å². The van der Waals surface area contributed by atoms with E-state index in [9.17, 15) is 39.6 Å². The number of hydrogen-bond donors (Lipinski definition) is 4. The summed E-state index contributed by atoms with van der Waals surface area (Å²) < 4.78 is 12.6. The van der Waals surface area contributed by atoms with E-state index in [1.165, 1.54) is 12.1 Å². The zero-order valence-electron chi connectivity index (χ0n) is 20.9. The molecule has 2 atom stereocenters. The Morgan fingerprint density at radius 3 is 1.56 bits per heavy atom. The molecular weight excluding hydrogens is 508 g/mol. The van der Waals surface area contributed by atoms with E-state index in [0.717, 1.165) is 29.8 Å². The van der Waals surface area contributed by atoms with E-state index in [0.29, 0.717) is 19.3 Å². The SMILES string of the molecule is CC1CC(c2ccccc2)CCC1(Oc1ccc(C(=O)O)c(C(=O)O)c1)Oc1ccc(C(=O)O)c(C(=O)O)c1. The molecule has 2 unspecified atom stereocenters. The molecule has 1 saturated carbocycles. The molecule has 4 rings (SSSR count). The van der Waals surface area contributed by atoms with Crippen LogP contribution in [0, 0.1) is 5.92 Å². The maximum atomic E-state index is 11.7. The number of rotatable bonds is 9. The monoisotopic (exact) mass is 534 g/mol. The minimum absolute atomic E-state index is 0.0584. The third-order valence-corrected chi connectivity index (χ3v) is 6.99. The summed E-state index contributed by atoms with van der Waals surface area (Å²) in [6, 6.07) is 17.1. The molecule has 10 heteroatoms. The Morgan fingerprint density at radius 1 is 0.692 bits per heavy atom. The van der Waals surface area contributed by atoms with Gasteiger partial charge in [-0.3, -0.25) is 0 Å². The predicted molar refractivity (Wildman–Crippen MR) is 137 cm³/mol. The van der Waals surface area contributed by atoms with Crippen molar-refractivity contribution in [3.05, 3.63) is 94.5 Å². The van der Waals surface area contributed by atoms with Gasteiger partial charge in [-0.2, -0.15) is 0 Å². The van der Waals surface area contributed by atoms with Crippen LogP contribution < -0.4 is 9.47 Å². The lowest BCUT2D eigenvalue weighted by atomic mass is 9.75. The van der Waals surface area contributed by atoms with Gasteiger partial charge < -0.3 is 29.9 Å². The molecule has 0 heterocycles. The van der Waals surface area contributed by atoms with Crippen LogP contribution in [0.4, 0.5) is 0 Å². The average Bonchev–Trinajstić information content (AvgIpc) is 2.90. The number of carboxylic acid groups (broad SMARTS) is 4. The maximum absolute atomic E-state index is 11.7. The average molecular weight is 535 g/mol. The summed E-state index contributed by atoms with van der Waals surface area (Å²) in [5.74, 6) is -7.10. The third kappa shape index (κ3) is 5.69. The Bertz CT molecular complexity index is 1350. The number of ether oxygens (including phenoxy) is 2. The highest BCUT2D eigenvalue weighted by atomic mass is 16.7. The van der Waals surface area contributed by atoms with Gasteiger partial charge >= 0.3 is 23.9 Å². The molecule has 0 aliphatic heterocycles. The van der Waals surface area contributed by atoms with Crippen LogP contribution in [-0.2, 0) is 0 Å². The smallest absolute Gasteiger partial charge is 0.336 e. The van der Waals surface area contributed by atoms with Crippen molar-refractivity contribution in [2.45, 2.75) is 37.9 Å². The van der Waals surface area contributed by atoms with Gasteiger partial charge in [-0.25, -0.2) is 19.2 Å². The lowest BCUT2D eigenvalue weighted by molar-refractivity contribution is -0.173. The van der Waals surface area contributed by atoms with Crippen molar-refractivity contribution < 1.29 is 49.1 Å². The van der Waals surface area contributed by atoms with Gasteiger partial charge in [0.2, 0.25) is 0 Å². The second-order valence-electron chi connectivity index (χ2n) is 9.43. The van der Waals surface area contributed by atoms with Crippen molar-refractivity contribution in [3.63, 3.8) is 0 Å². The van der Waals surface area contributed by atoms with Crippen LogP contribution in [0.2, 0.25) is 0 Å². The first-order valence-corrected chi connectivity index (χ1v) is 12.1. The molecule has 202 valence electrons. The van der Waals surface area contributed by atoms with E-state index in [2.05, 4.69) is 0 Å². The third-order valence-electron chi connectivity index (χ3n) is 6.99. The van der Waals surface area contributed by atoms with Crippen LogP contribution >= 0.6 is 0 Å². The highest BCUT2D eigenvalue weighted by Crippen LogP contribution is 2.45. The van der Waals surface area contributed by atoms with E-state index in [1.54, 1.807) is 0 Å². The Morgan fingerprint density at radius 2 is 1.15 bits per heavy atom. The van der Waals surface area contributed by atoms with E-state index < -0.39 is 51.9 Å². The summed E-state index contributed by atoms with van der Waals surface area (Å²) in [6.07, 6.45) is 1.55. The zero-order valence-corrected chi connectivity index (χ0v) is 20.9. The fourth-order valence-electron chi connectivity index (χ4n) is 5.00. The molecule has 3 aromatic rings. The second-order valence-corrected chi connectivity index (χ2v) is 9.43. The van der Waals surface area contributed by atoms with Crippen LogP contribution in [0.5, 0.6) is 11.5 Å². The number of aromatic carboxylic acids is 4. The van der Waals surface area contributed by atoms with E-state index in [4.69, 9.17) is 9.47 Å². The lowest BCUT2D eigenvalue weighted by Gasteiger charge is -2.44. The van der Waals surface area contributed by atoms with Gasteiger partial charge in [-0.1, -0.05) is 37.3 Å². The summed E-state index contributed by atoms with van der Waals surface area (Å²) in [7, 11) is 0. The molecule has 10 nitrogen and oxygen atoms in total. The molecule has 0 radical (unpaired) electrons. The van der Waals surface area contributed by atoms with Gasteiger partial charge in [0.25, 0.3) is 5.79 Å². The fourth-order valence-corrected chi connectivity index (χ4v) is 5.00. The molecule has 1 fully saturated rings. The first kappa shape index (κ1) is 27.2. The first-order valence-electron chi connectivity index (χ1n) is 12.1. The number of carbonyl (C=O) groups is 4. The molecule has 39 heavy (non-hydrogen) atoms. The van der Waals surface area contributed by atoms with Crippen LogP contribution in [0.25, 0.3) is 0 Å². The minimum atomic E-state index is -1.44. The van der Waals surface area contributed by atoms with Gasteiger partial charge in [0, 0.05) is 12.3 Å². The Labute approximate surface area is 223 Å². The van der Waals surface area contributed by atoms with Crippen molar-refractivity contribution >= 4 is 23.9 Å². The number of benzene rings is 3. The predicted octanol–water partition coefficient (Wildman–Crippen LogP) is 5.24. The minimum Gasteiger partial charge on any atom is -0.478 e. The molecule has 0 saturated heterocycles. The van der Waals surface area contributed by atoms with Crippen molar-refractivity contribution in [1.29, 1.82) is 0 Å². The zero-order chi connectivity index (χ0) is 28.3. The van der Waals surface area contributed by atoms with E-state index in [1.807, 2.05) is 37.3 Å².